The minimum Gasteiger partial charge on any atom is -0.485 e. The molecule has 32 heavy (non-hydrogen) atoms. The minimum absolute atomic E-state index is 0.151. The highest BCUT2D eigenvalue weighted by Crippen LogP contribution is 2.27. The number of carbonyl (C=O) groups excluding carboxylic acids is 2. The Balaban J connectivity index is 1.32. The summed E-state index contributed by atoms with van der Waals surface area (Å²) in [6.45, 7) is 3.60. The van der Waals surface area contributed by atoms with E-state index in [4.69, 9.17) is 9.26 Å². The number of hydrogen-bond donors (Lipinski definition) is 2. The van der Waals surface area contributed by atoms with E-state index in [9.17, 15) is 9.59 Å². The molecule has 2 aromatic heterocycles. The number of aryl methyl sites for hydroxylation is 2. The lowest BCUT2D eigenvalue weighted by atomic mass is 10.2. The second-order valence-corrected chi connectivity index (χ2v) is 7.75. The van der Waals surface area contributed by atoms with Gasteiger partial charge in [0.2, 0.25) is 11.7 Å². The van der Waals surface area contributed by atoms with Crippen LogP contribution in [-0.2, 0) is 6.61 Å². The molecule has 0 atom stereocenters. The van der Waals surface area contributed by atoms with Gasteiger partial charge < -0.3 is 9.26 Å². The Morgan fingerprint density at radius 1 is 0.969 bits per heavy atom. The van der Waals surface area contributed by atoms with Crippen LogP contribution in [0.15, 0.2) is 59.1 Å². The Bertz CT molecular complexity index is 1230. The van der Waals surface area contributed by atoms with Crippen LogP contribution in [0.3, 0.4) is 0 Å². The van der Waals surface area contributed by atoms with E-state index in [1.807, 2.05) is 30.3 Å². The summed E-state index contributed by atoms with van der Waals surface area (Å²) in [6, 6.07) is 16.1. The molecular formula is C22H19N5O4S. The number of amides is 2. The fourth-order valence-corrected chi connectivity index (χ4v) is 3.77. The average Bonchev–Trinajstić information content (AvgIpc) is 3.42. The molecule has 0 aliphatic rings. The number of nitrogens with one attached hydrogen (secondary N) is 2. The van der Waals surface area contributed by atoms with Gasteiger partial charge >= 0.3 is 0 Å². The number of hydrazine groups is 1. The first-order valence-electron chi connectivity index (χ1n) is 9.65. The Labute approximate surface area is 187 Å². The van der Waals surface area contributed by atoms with Crippen LogP contribution in [0.2, 0.25) is 0 Å². The zero-order valence-electron chi connectivity index (χ0n) is 17.3. The molecule has 2 N–H and O–H groups in total. The molecule has 0 spiro atoms. The van der Waals surface area contributed by atoms with Gasteiger partial charge in [-0.15, -0.1) is 11.3 Å². The maximum Gasteiger partial charge on any atom is 0.281 e. The van der Waals surface area contributed by atoms with Gasteiger partial charge in [-0.25, -0.2) is 4.98 Å². The number of carbonyl (C=O) groups is 2. The second kappa shape index (κ2) is 9.40. The molecule has 2 aromatic carbocycles. The van der Waals surface area contributed by atoms with E-state index in [1.54, 1.807) is 38.1 Å². The van der Waals surface area contributed by atoms with E-state index in [1.165, 1.54) is 11.3 Å². The van der Waals surface area contributed by atoms with Crippen LogP contribution >= 0.6 is 11.3 Å². The maximum atomic E-state index is 12.5. The molecule has 0 aliphatic heterocycles. The molecule has 0 saturated carbocycles. The molecule has 0 unspecified atom stereocenters. The average molecular weight is 449 g/mol. The molecule has 4 rings (SSSR count). The number of benzene rings is 2. The summed E-state index contributed by atoms with van der Waals surface area (Å²) in [5, 5.41) is 4.49. The van der Waals surface area contributed by atoms with E-state index >= 15 is 0 Å². The van der Waals surface area contributed by atoms with Gasteiger partial charge in [-0.05, 0) is 31.2 Å². The first-order valence-corrected chi connectivity index (χ1v) is 10.5. The molecule has 0 radical (unpaired) electrons. The lowest BCUT2D eigenvalue weighted by Gasteiger charge is -2.08. The summed E-state index contributed by atoms with van der Waals surface area (Å²) in [5.41, 5.74) is 6.75. The van der Waals surface area contributed by atoms with Crippen LogP contribution in [0.1, 0.15) is 37.4 Å². The zero-order chi connectivity index (χ0) is 22.5. The number of aromatic nitrogens is 3. The van der Waals surface area contributed by atoms with E-state index in [2.05, 4.69) is 26.0 Å². The van der Waals surface area contributed by atoms with Gasteiger partial charge in [0.15, 0.2) is 6.61 Å². The van der Waals surface area contributed by atoms with Crippen LogP contribution in [0.5, 0.6) is 5.75 Å². The van der Waals surface area contributed by atoms with E-state index < -0.39 is 11.8 Å². The highest BCUT2D eigenvalue weighted by molar-refractivity contribution is 7.17. The standard InChI is InChI=1S/C22H19N5O4S/c1-13-19(32-22(23-13)16-6-4-3-5-7-16)21(29)26-25-20(28)15-8-10-17(11-9-15)30-12-18-24-14(2)31-27-18/h3-11H,12H2,1-2H3,(H,25,28)(H,26,29). The van der Waals surface area contributed by atoms with Gasteiger partial charge in [0.25, 0.3) is 11.8 Å². The molecular weight excluding hydrogens is 430 g/mol. The summed E-state index contributed by atoms with van der Waals surface area (Å²) >= 11 is 1.27. The van der Waals surface area contributed by atoms with Crippen molar-refractivity contribution in [3.8, 4) is 16.3 Å². The number of thiazole rings is 1. The second-order valence-electron chi connectivity index (χ2n) is 6.75. The molecule has 0 bridgehead atoms. The number of nitrogens with zero attached hydrogens (tertiary/aromatic N) is 3. The van der Waals surface area contributed by atoms with Crippen molar-refractivity contribution in [2.75, 3.05) is 0 Å². The van der Waals surface area contributed by atoms with Crippen LogP contribution in [0, 0.1) is 13.8 Å². The molecule has 2 amide bonds. The van der Waals surface area contributed by atoms with Crippen molar-refractivity contribution in [1.82, 2.24) is 26.0 Å². The largest absolute Gasteiger partial charge is 0.485 e. The number of hydrogen-bond acceptors (Lipinski definition) is 8. The van der Waals surface area contributed by atoms with Crippen molar-refractivity contribution in [3.05, 3.63) is 82.4 Å². The predicted octanol–water partition coefficient (Wildman–Crippen LogP) is 3.46. The first kappa shape index (κ1) is 21.2. The monoisotopic (exact) mass is 449 g/mol. The molecule has 2 heterocycles. The lowest BCUT2D eigenvalue weighted by molar-refractivity contribution is 0.0848. The van der Waals surface area contributed by atoms with E-state index in [0.29, 0.717) is 33.6 Å². The molecule has 4 aromatic rings. The van der Waals surface area contributed by atoms with Gasteiger partial charge in [0, 0.05) is 18.1 Å². The van der Waals surface area contributed by atoms with Crippen LogP contribution < -0.4 is 15.6 Å². The Morgan fingerprint density at radius 3 is 2.38 bits per heavy atom. The van der Waals surface area contributed by atoms with Gasteiger partial charge in [-0.3, -0.25) is 20.4 Å². The number of rotatable bonds is 6. The molecule has 162 valence electrons. The smallest absolute Gasteiger partial charge is 0.281 e. The van der Waals surface area contributed by atoms with Crippen molar-refractivity contribution < 1.29 is 18.8 Å². The van der Waals surface area contributed by atoms with Crippen molar-refractivity contribution >= 4 is 23.2 Å². The van der Waals surface area contributed by atoms with Crippen LogP contribution in [0.4, 0.5) is 0 Å². The Hall–Kier alpha value is -4.05. The van der Waals surface area contributed by atoms with Gasteiger partial charge in [0.05, 0.1) is 5.69 Å². The third kappa shape index (κ3) is 4.98. The van der Waals surface area contributed by atoms with Crippen molar-refractivity contribution in [1.29, 1.82) is 0 Å². The van der Waals surface area contributed by atoms with Gasteiger partial charge in [-0.1, -0.05) is 35.5 Å². The molecule has 0 fully saturated rings. The minimum atomic E-state index is -0.454. The van der Waals surface area contributed by atoms with Crippen molar-refractivity contribution in [2.45, 2.75) is 20.5 Å². The summed E-state index contributed by atoms with van der Waals surface area (Å²) in [5.74, 6) is 0.556. The maximum absolute atomic E-state index is 12.5. The first-order chi connectivity index (χ1) is 15.5. The molecule has 9 nitrogen and oxygen atoms in total. The molecule has 10 heteroatoms. The SMILES string of the molecule is Cc1nc(COc2ccc(C(=O)NNC(=O)c3sc(-c4ccccc4)nc3C)cc2)no1. The van der Waals surface area contributed by atoms with Gasteiger partial charge in [-0.2, -0.15) is 4.98 Å². The van der Waals surface area contributed by atoms with E-state index in [0.717, 1.165) is 10.6 Å². The Kier molecular flexibility index (Phi) is 6.22. The fourth-order valence-electron chi connectivity index (χ4n) is 2.80. The van der Waals surface area contributed by atoms with Crippen molar-refractivity contribution in [2.24, 2.45) is 0 Å². The summed E-state index contributed by atoms with van der Waals surface area (Å²) in [6.07, 6.45) is 0. The zero-order valence-corrected chi connectivity index (χ0v) is 18.1. The summed E-state index contributed by atoms with van der Waals surface area (Å²) in [7, 11) is 0. The third-order valence-electron chi connectivity index (χ3n) is 4.37. The highest BCUT2D eigenvalue weighted by Gasteiger charge is 2.17. The molecule has 0 saturated heterocycles. The normalized spacial score (nSPS) is 10.6. The van der Waals surface area contributed by atoms with Gasteiger partial charge in [0.1, 0.15) is 15.6 Å². The molecule has 0 aliphatic carbocycles. The van der Waals surface area contributed by atoms with Crippen LogP contribution in [-0.4, -0.2) is 26.9 Å². The summed E-state index contributed by atoms with van der Waals surface area (Å²) < 4.78 is 10.4. The van der Waals surface area contributed by atoms with Crippen LogP contribution in [0.25, 0.3) is 10.6 Å². The quantitative estimate of drug-likeness (QED) is 0.433. The summed E-state index contributed by atoms with van der Waals surface area (Å²) in [4.78, 5) is 33.8. The van der Waals surface area contributed by atoms with Crippen molar-refractivity contribution in [3.63, 3.8) is 0 Å². The Morgan fingerprint density at radius 2 is 1.69 bits per heavy atom. The third-order valence-corrected chi connectivity index (χ3v) is 5.57. The highest BCUT2D eigenvalue weighted by atomic mass is 32.1. The fraction of sp³-hybridized carbons (Fsp3) is 0.136. The number of ether oxygens (including phenoxy) is 1. The predicted molar refractivity (Wildman–Crippen MR) is 117 cm³/mol. The topological polar surface area (TPSA) is 119 Å². The lowest BCUT2D eigenvalue weighted by Crippen LogP contribution is -2.41. The van der Waals surface area contributed by atoms with E-state index in [-0.39, 0.29) is 6.61 Å².